The molecule has 5 rings (SSSR count). The van der Waals surface area contributed by atoms with Gasteiger partial charge in [0.2, 0.25) is 0 Å². The van der Waals surface area contributed by atoms with E-state index >= 15 is 0 Å². The second kappa shape index (κ2) is 10.8. The first-order valence-corrected chi connectivity index (χ1v) is 13.5. The molecule has 196 valence electrons. The van der Waals surface area contributed by atoms with Gasteiger partial charge in [-0.15, -0.1) is 0 Å². The molecule has 4 N–H and O–H groups in total. The zero-order valence-electron chi connectivity index (χ0n) is 21.8. The number of aromatic hydroxyl groups is 4. The van der Waals surface area contributed by atoms with Gasteiger partial charge in [-0.3, -0.25) is 0 Å². The van der Waals surface area contributed by atoms with Crippen LogP contribution < -0.4 is 0 Å². The fourth-order valence-corrected chi connectivity index (χ4v) is 6.61. The lowest BCUT2D eigenvalue weighted by molar-refractivity contribution is 0.234. The van der Waals surface area contributed by atoms with E-state index in [2.05, 4.69) is 6.92 Å². The van der Waals surface area contributed by atoms with Crippen molar-refractivity contribution in [3.8, 4) is 23.0 Å². The predicted molar refractivity (Wildman–Crippen MR) is 151 cm³/mol. The minimum Gasteiger partial charge on any atom is -0.508 e. The summed E-state index contributed by atoms with van der Waals surface area (Å²) in [6.45, 7) is 2.38. The van der Waals surface area contributed by atoms with Crippen LogP contribution in [0, 0.1) is 11.3 Å². The van der Waals surface area contributed by atoms with Crippen LogP contribution in [0.2, 0.25) is 0 Å². The fraction of sp³-hybridized carbons (Fsp3) is 0.294. The molecule has 1 fully saturated rings. The average Bonchev–Trinajstić information content (AvgIpc) is 3.11. The van der Waals surface area contributed by atoms with Crippen molar-refractivity contribution in [3.05, 3.63) is 119 Å². The molecule has 2 atom stereocenters. The van der Waals surface area contributed by atoms with Crippen LogP contribution in [0.25, 0.3) is 0 Å². The smallest absolute Gasteiger partial charge is 0.115 e. The van der Waals surface area contributed by atoms with Gasteiger partial charge in [0.05, 0.1) is 0 Å². The highest BCUT2D eigenvalue weighted by Crippen LogP contribution is 2.52. The van der Waals surface area contributed by atoms with E-state index in [-0.39, 0.29) is 40.2 Å². The molecule has 4 aromatic rings. The molecular formula is C34H36O4. The van der Waals surface area contributed by atoms with Crippen LogP contribution in [-0.4, -0.2) is 20.4 Å². The standard InChI is InChI=1S/C34H36O4/c1-34(33(26-8-16-30(37)17-9-26)27-10-18-31(38)19-11-27)21-2-3-23(20-22-34)32(24-4-12-28(35)13-5-24)25-6-14-29(36)15-7-25/h4-19,23,32-33,35-38H,2-3,20-22H2,1H3. The molecule has 4 aromatic carbocycles. The van der Waals surface area contributed by atoms with Gasteiger partial charge in [0.1, 0.15) is 23.0 Å². The quantitative estimate of drug-likeness (QED) is 0.199. The molecule has 2 unspecified atom stereocenters. The van der Waals surface area contributed by atoms with Gasteiger partial charge in [-0.2, -0.15) is 0 Å². The number of phenolic OH excluding ortho intramolecular Hbond substituents is 4. The van der Waals surface area contributed by atoms with E-state index in [1.165, 1.54) is 22.3 Å². The molecule has 0 saturated heterocycles. The largest absolute Gasteiger partial charge is 0.508 e. The zero-order chi connectivity index (χ0) is 26.7. The van der Waals surface area contributed by atoms with Crippen molar-refractivity contribution in [1.29, 1.82) is 0 Å². The highest BCUT2D eigenvalue weighted by atomic mass is 16.3. The van der Waals surface area contributed by atoms with Crippen LogP contribution in [0.1, 0.15) is 73.1 Å². The molecule has 0 radical (unpaired) electrons. The summed E-state index contributed by atoms with van der Waals surface area (Å²) in [6, 6.07) is 30.3. The van der Waals surface area contributed by atoms with Crippen molar-refractivity contribution in [2.45, 2.75) is 50.9 Å². The van der Waals surface area contributed by atoms with E-state index in [0.29, 0.717) is 5.92 Å². The normalized spacial score (nSPS) is 19.9. The minimum atomic E-state index is -0.0167. The summed E-state index contributed by atoms with van der Waals surface area (Å²) < 4.78 is 0. The number of benzene rings is 4. The van der Waals surface area contributed by atoms with Crippen molar-refractivity contribution >= 4 is 0 Å². The molecule has 1 aliphatic carbocycles. The maximum absolute atomic E-state index is 9.95. The summed E-state index contributed by atoms with van der Waals surface area (Å²) in [5, 5.41) is 39.7. The summed E-state index contributed by atoms with van der Waals surface area (Å²) in [6.07, 6.45) is 5.29. The van der Waals surface area contributed by atoms with Crippen LogP contribution in [-0.2, 0) is 0 Å². The van der Waals surface area contributed by atoms with Crippen LogP contribution >= 0.6 is 0 Å². The maximum Gasteiger partial charge on any atom is 0.115 e. The SMILES string of the molecule is CC1(C(c2ccc(O)cc2)c2ccc(O)cc2)CCCC(C(c2ccc(O)cc2)c2ccc(O)cc2)CC1. The third-order valence-electron chi connectivity index (χ3n) is 8.53. The Bertz CT molecular complexity index is 1240. The average molecular weight is 509 g/mol. The molecule has 0 amide bonds. The van der Waals surface area contributed by atoms with Crippen LogP contribution in [0.15, 0.2) is 97.1 Å². The fourth-order valence-electron chi connectivity index (χ4n) is 6.61. The molecule has 1 saturated carbocycles. The first-order valence-electron chi connectivity index (χ1n) is 13.5. The van der Waals surface area contributed by atoms with E-state index in [1.807, 2.05) is 48.5 Å². The lowest BCUT2D eigenvalue weighted by Gasteiger charge is -2.38. The third-order valence-corrected chi connectivity index (χ3v) is 8.53. The number of hydrogen-bond acceptors (Lipinski definition) is 4. The van der Waals surface area contributed by atoms with Crippen molar-refractivity contribution in [2.24, 2.45) is 11.3 Å². The highest BCUT2D eigenvalue weighted by molar-refractivity contribution is 5.41. The van der Waals surface area contributed by atoms with Crippen LogP contribution in [0.3, 0.4) is 0 Å². The molecule has 4 heteroatoms. The summed E-state index contributed by atoms with van der Waals surface area (Å²) in [7, 11) is 0. The number of rotatable bonds is 6. The summed E-state index contributed by atoms with van der Waals surface area (Å²) in [5.74, 6) is 1.74. The number of hydrogen-bond donors (Lipinski definition) is 4. The number of phenols is 4. The maximum atomic E-state index is 9.95. The highest BCUT2D eigenvalue weighted by Gasteiger charge is 2.39. The molecule has 0 spiro atoms. The lowest BCUT2D eigenvalue weighted by atomic mass is 9.65. The Balaban J connectivity index is 1.49. The Hall–Kier alpha value is -3.92. The van der Waals surface area contributed by atoms with Crippen molar-refractivity contribution in [3.63, 3.8) is 0 Å². The van der Waals surface area contributed by atoms with Gasteiger partial charge in [0, 0.05) is 11.8 Å². The van der Waals surface area contributed by atoms with Gasteiger partial charge >= 0.3 is 0 Å². The monoisotopic (exact) mass is 508 g/mol. The molecule has 4 nitrogen and oxygen atoms in total. The Labute approximate surface area is 224 Å². The van der Waals surface area contributed by atoms with Gasteiger partial charge in [-0.05, 0) is 108 Å². The van der Waals surface area contributed by atoms with Gasteiger partial charge in [-0.25, -0.2) is 0 Å². The van der Waals surface area contributed by atoms with Gasteiger partial charge in [0.15, 0.2) is 0 Å². The lowest BCUT2D eigenvalue weighted by Crippen LogP contribution is -2.26. The van der Waals surface area contributed by atoms with Gasteiger partial charge in [0.25, 0.3) is 0 Å². The summed E-state index contributed by atoms with van der Waals surface area (Å²) >= 11 is 0. The van der Waals surface area contributed by atoms with Gasteiger partial charge in [-0.1, -0.05) is 61.9 Å². The second-order valence-electron chi connectivity index (χ2n) is 11.1. The third kappa shape index (κ3) is 5.50. The van der Waals surface area contributed by atoms with Crippen molar-refractivity contribution in [2.75, 3.05) is 0 Å². The molecule has 0 aromatic heterocycles. The summed E-state index contributed by atoms with van der Waals surface area (Å²) in [4.78, 5) is 0. The van der Waals surface area contributed by atoms with E-state index in [1.54, 1.807) is 48.5 Å². The Kier molecular flexibility index (Phi) is 7.33. The zero-order valence-corrected chi connectivity index (χ0v) is 21.8. The minimum absolute atomic E-state index is 0.0167. The van der Waals surface area contributed by atoms with E-state index < -0.39 is 0 Å². The molecule has 0 heterocycles. The first-order chi connectivity index (χ1) is 18.3. The van der Waals surface area contributed by atoms with Gasteiger partial charge < -0.3 is 20.4 Å². The molecule has 38 heavy (non-hydrogen) atoms. The molecule has 0 bridgehead atoms. The van der Waals surface area contributed by atoms with Crippen molar-refractivity contribution in [1.82, 2.24) is 0 Å². The Morgan fingerprint density at radius 1 is 0.526 bits per heavy atom. The topological polar surface area (TPSA) is 80.9 Å². The Morgan fingerprint density at radius 3 is 1.29 bits per heavy atom. The van der Waals surface area contributed by atoms with E-state index in [9.17, 15) is 20.4 Å². The first kappa shape index (κ1) is 25.7. The molecule has 0 aliphatic heterocycles. The van der Waals surface area contributed by atoms with Crippen LogP contribution in [0.4, 0.5) is 0 Å². The van der Waals surface area contributed by atoms with E-state index in [0.717, 1.165) is 32.1 Å². The second-order valence-corrected chi connectivity index (χ2v) is 11.1. The summed E-state index contributed by atoms with van der Waals surface area (Å²) in [5.41, 5.74) is 4.68. The Morgan fingerprint density at radius 2 is 0.895 bits per heavy atom. The molecule has 1 aliphatic rings. The molecular weight excluding hydrogens is 472 g/mol. The van der Waals surface area contributed by atoms with E-state index in [4.69, 9.17) is 0 Å². The van der Waals surface area contributed by atoms with Crippen molar-refractivity contribution < 1.29 is 20.4 Å². The van der Waals surface area contributed by atoms with Crippen LogP contribution in [0.5, 0.6) is 23.0 Å². The predicted octanol–water partition coefficient (Wildman–Crippen LogP) is 8.06.